The smallest absolute Gasteiger partial charge is 0.409 e. The van der Waals surface area contributed by atoms with Crippen LogP contribution < -0.4 is 5.32 Å². The summed E-state index contributed by atoms with van der Waals surface area (Å²) < 4.78 is 16.7. The maximum atomic E-state index is 12.8. The third kappa shape index (κ3) is 5.05. The van der Waals surface area contributed by atoms with Crippen LogP contribution in [0.1, 0.15) is 37.8 Å². The van der Waals surface area contributed by atoms with Crippen LogP contribution in [0.4, 0.5) is 9.59 Å². The van der Waals surface area contributed by atoms with Gasteiger partial charge in [-0.3, -0.25) is 0 Å². The van der Waals surface area contributed by atoms with E-state index in [9.17, 15) is 9.59 Å². The van der Waals surface area contributed by atoms with Crippen LogP contribution in [0, 0.1) is 0 Å². The Labute approximate surface area is 188 Å². The topological polar surface area (TPSA) is 77.1 Å². The van der Waals surface area contributed by atoms with Gasteiger partial charge in [0.15, 0.2) is 0 Å². The number of amides is 2. The molecule has 1 N–H and O–H groups in total. The fourth-order valence-electron chi connectivity index (χ4n) is 4.21. The van der Waals surface area contributed by atoms with E-state index < -0.39 is 11.7 Å². The summed E-state index contributed by atoms with van der Waals surface area (Å²) in [5.41, 5.74) is 4.20. The monoisotopic (exact) mass is 438 g/mol. The third-order valence-electron chi connectivity index (χ3n) is 5.61. The Hall–Kier alpha value is -3.06. The molecule has 0 saturated carbocycles. The molecule has 1 aliphatic heterocycles. The fraction of sp³-hybridized carbons (Fsp3) is 0.440. The molecule has 1 saturated heterocycles. The lowest BCUT2D eigenvalue weighted by atomic mass is 9.98. The van der Waals surface area contributed by atoms with Crippen molar-refractivity contribution in [3.8, 4) is 11.1 Å². The van der Waals surface area contributed by atoms with Crippen LogP contribution in [0.15, 0.2) is 48.5 Å². The van der Waals surface area contributed by atoms with E-state index in [0.717, 1.165) is 0 Å². The predicted octanol–water partition coefficient (Wildman–Crippen LogP) is 4.16. The molecule has 2 aliphatic rings. The van der Waals surface area contributed by atoms with Gasteiger partial charge in [0.2, 0.25) is 0 Å². The molecular formula is C25H30N2O5. The van der Waals surface area contributed by atoms with E-state index >= 15 is 0 Å². The predicted molar refractivity (Wildman–Crippen MR) is 121 cm³/mol. The number of carbonyl (C=O) groups is 2. The van der Waals surface area contributed by atoms with Crippen molar-refractivity contribution in [2.45, 2.75) is 38.4 Å². The summed E-state index contributed by atoms with van der Waals surface area (Å²) in [6, 6.07) is 16.5. The zero-order chi connectivity index (χ0) is 22.7. The van der Waals surface area contributed by atoms with Crippen molar-refractivity contribution in [1.29, 1.82) is 0 Å². The van der Waals surface area contributed by atoms with Crippen LogP contribution in [0.2, 0.25) is 0 Å². The average Bonchev–Trinajstić information content (AvgIpc) is 3.09. The molecule has 7 heteroatoms. The molecule has 1 atom stereocenters. The number of ether oxygens (including phenoxy) is 3. The summed E-state index contributed by atoms with van der Waals surface area (Å²) in [5.74, 6) is 0.0250. The van der Waals surface area contributed by atoms with E-state index in [2.05, 4.69) is 29.6 Å². The number of morpholine rings is 1. The molecule has 4 rings (SSSR count). The first kappa shape index (κ1) is 22.1. The molecule has 0 radical (unpaired) electrons. The van der Waals surface area contributed by atoms with Gasteiger partial charge in [-0.1, -0.05) is 48.5 Å². The molecule has 170 valence electrons. The first-order valence-corrected chi connectivity index (χ1v) is 11.0. The van der Waals surface area contributed by atoms with E-state index in [1.807, 2.05) is 45.0 Å². The van der Waals surface area contributed by atoms with Gasteiger partial charge in [-0.2, -0.15) is 0 Å². The Bertz CT molecular complexity index is 939. The van der Waals surface area contributed by atoms with Gasteiger partial charge in [0.1, 0.15) is 12.2 Å². The van der Waals surface area contributed by atoms with Crippen LogP contribution in [-0.2, 0) is 14.2 Å². The molecule has 7 nitrogen and oxygen atoms in total. The van der Waals surface area contributed by atoms with E-state index in [1.54, 1.807) is 4.90 Å². The zero-order valence-corrected chi connectivity index (χ0v) is 18.8. The molecule has 2 aromatic rings. The van der Waals surface area contributed by atoms with Crippen molar-refractivity contribution in [3.63, 3.8) is 0 Å². The molecule has 32 heavy (non-hydrogen) atoms. The second-order valence-corrected chi connectivity index (χ2v) is 9.13. The molecule has 0 spiro atoms. The first-order valence-electron chi connectivity index (χ1n) is 11.0. The molecule has 1 heterocycles. The van der Waals surface area contributed by atoms with E-state index in [-0.39, 0.29) is 31.3 Å². The summed E-state index contributed by atoms with van der Waals surface area (Å²) in [6.07, 6.45) is -1.17. The van der Waals surface area contributed by atoms with Crippen molar-refractivity contribution in [3.05, 3.63) is 59.7 Å². The van der Waals surface area contributed by atoms with Crippen molar-refractivity contribution in [1.82, 2.24) is 10.2 Å². The second-order valence-electron chi connectivity index (χ2n) is 9.13. The lowest BCUT2D eigenvalue weighted by Crippen LogP contribution is -2.50. The minimum Gasteiger partial charge on any atom is -0.448 e. The molecule has 1 aliphatic carbocycles. The van der Waals surface area contributed by atoms with Crippen molar-refractivity contribution in [2.24, 2.45) is 0 Å². The Morgan fingerprint density at radius 1 is 1.06 bits per heavy atom. The summed E-state index contributed by atoms with van der Waals surface area (Å²) in [6.45, 7) is 7.18. The van der Waals surface area contributed by atoms with E-state index in [1.165, 1.54) is 22.3 Å². The fourth-order valence-corrected chi connectivity index (χ4v) is 4.21. The van der Waals surface area contributed by atoms with Crippen LogP contribution >= 0.6 is 0 Å². The molecule has 1 fully saturated rings. The number of fused-ring (bicyclic) bond motifs is 3. The number of nitrogens with one attached hydrogen (secondary N) is 1. The molecular weight excluding hydrogens is 408 g/mol. The van der Waals surface area contributed by atoms with Crippen LogP contribution in [0.25, 0.3) is 11.1 Å². The number of alkyl carbamates (subject to hydrolysis) is 1. The highest BCUT2D eigenvalue weighted by Crippen LogP contribution is 2.44. The number of hydrogen-bond acceptors (Lipinski definition) is 5. The highest BCUT2D eigenvalue weighted by Gasteiger charge is 2.31. The largest absolute Gasteiger partial charge is 0.448 e. The molecule has 2 amide bonds. The number of carbonyl (C=O) groups excluding carboxylic acids is 2. The number of benzene rings is 2. The van der Waals surface area contributed by atoms with Gasteiger partial charge in [0.05, 0.1) is 19.3 Å². The van der Waals surface area contributed by atoms with Gasteiger partial charge < -0.3 is 24.4 Å². The lowest BCUT2D eigenvalue weighted by Gasteiger charge is -2.32. The van der Waals surface area contributed by atoms with Gasteiger partial charge in [-0.15, -0.1) is 0 Å². The lowest BCUT2D eigenvalue weighted by molar-refractivity contribution is -0.0275. The number of hydrogen-bond donors (Lipinski definition) is 1. The van der Waals surface area contributed by atoms with Gasteiger partial charge >= 0.3 is 12.2 Å². The van der Waals surface area contributed by atoms with Gasteiger partial charge in [-0.25, -0.2) is 9.59 Å². The molecule has 0 unspecified atom stereocenters. The van der Waals surface area contributed by atoms with Crippen molar-refractivity contribution >= 4 is 12.2 Å². The Kier molecular flexibility index (Phi) is 6.37. The molecule has 0 bridgehead atoms. The Morgan fingerprint density at radius 3 is 2.31 bits per heavy atom. The third-order valence-corrected chi connectivity index (χ3v) is 5.61. The van der Waals surface area contributed by atoms with Gasteiger partial charge in [0.25, 0.3) is 0 Å². The Balaban J connectivity index is 1.32. The van der Waals surface area contributed by atoms with Crippen molar-refractivity contribution in [2.75, 3.05) is 32.8 Å². The standard InChI is InChI=1S/C25H30N2O5/c1-25(2,3)32-23(28)26-14-17-15-27(12-13-30-17)24(29)31-16-22-20-10-6-4-8-18(20)19-9-5-7-11-21(19)22/h4-11,17,22H,12-16H2,1-3H3,(H,26,28)/t17-/m1/s1. The normalized spacial score (nSPS) is 18.0. The summed E-state index contributed by atoms with van der Waals surface area (Å²) in [7, 11) is 0. The highest BCUT2D eigenvalue weighted by molar-refractivity contribution is 5.79. The molecule has 0 aromatic heterocycles. The van der Waals surface area contributed by atoms with Gasteiger partial charge in [0, 0.05) is 19.0 Å². The summed E-state index contributed by atoms with van der Waals surface area (Å²) in [5, 5.41) is 2.70. The average molecular weight is 439 g/mol. The van der Waals surface area contributed by atoms with Gasteiger partial charge in [-0.05, 0) is 43.0 Å². The van der Waals surface area contributed by atoms with Crippen LogP contribution in [-0.4, -0.2) is 61.6 Å². The maximum Gasteiger partial charge on any atom is 0.409 e. The minimum atomic E-state index is -0.565. The number of rotatable bonds is 4. The van der Waals surface area contributed by atoms with Crippen molar-refractivity contribution < 1.29 is 23.8 Å². The summed E-state index contributed by atoms with van der Waals surface area (Å²) >= 11 is 0. The second kappa shape index (κ2) is 9.20. The van der Waals surface area contributed by atoms with E-state index in [0.29, 0.717) is 19.7 Å². The maximum absolute atomic E-state index is 12.8. The number of nitrogens with zero attached hydrogens (tertiary/aromatic N) is 1. The SMILES string of the molecule is CC(C)(C)OC(=O)NC[C@@H]1CN(C(=O)OCC2c3ccccc3-c3ccccc32)CCO1. The highest BCUT2D eigenvalue weighted by atomic mass is 16.6. The Morgan fingerprint density at radius 2 is 1.69 bits per heavy atom. The minimum absolute atomic E-state index is 0.0250. The quantitative estimate of drug-likeness (QED) is 0.776. The van der Waals surface area contributed by atoms with Crippen LogP contribution in [0.5, 0.6) is 0 Å². The summed E-state index contributed by atoms with van der Waals surface area (Å²) in [4.78, 5) is 26.3. The molecule has 2 aromatic carbocycles. The van der Waals surface area contributed by atoms with E-state index in [4.69, 9.17) is 14.2 Å². The van der Waals surface area contributed by atoms with Crippen LogP contribution in [0.3, 0.4) is 0 Å². The first-order chi connectivity index (χ1) is 15.3. The zero-order valence-electron chi connectivity index (χ0n) is 18.8.